The number of halogens is 1. The lowest BCUT2D eigenvalue weighted by Gasteiger charge is -2.41. The number of nitrogens with two attached hydrogens (primary N) is 1. The van der Waals surface area contributed by atoms with Crippen LogP contribution in [-0.4, -0.2) is 16.0 Å². The Morgan fingerprint density at radius 1 is 1.24 bits per heavy atom. The summed E-state index contributed by atoms with van der Waals surface area (Å²) < 4.78 is 14.0. The van der Waals surface area contributed by atoms with E-state index in [0.29, 0.717) is 18.4 Å². The molecule has 0 heterocycles. The van der Waals surface area contributed by atoms with Gasteiger partial charge in [0.05, 0.1) is 10.8 Å². The molecule has 4 unspecified atom stereocenters. The van der Waals surface area contributed by atoms with E-state index in [1.807, 2.05) is 24.3 Å². The first kappa shape index (κ1) is 17.2. The molecular formula is C17H26BrNOS. The number of rotatable bonds is 3. The van der Waals surface area contributed by atoms with Crippen LogP contribution < -0.4 is 5.73 Å². The molecule has 4 heteroatoms. The average Bonchev–Trinajstić information content (AvgIpc) is 2.45. The number of benzene rings is 1. The molecular weight excluding hydrogens is 346 g/mol. The van der Waals surface area contributed by atoms with E-state index in [1.54, 1.807) is 0 Å². The third kappa shape index (κ3) is 4.17. The minimum absolute atomic E-state index is 0.189. The first-order chi connectivity index (χ1) is 9.82. The van der Waals surface area contributed by atoms with Crippen molar-refractivity contribution in [1.82, 2.24) is 0 Å². The van der Waals surface area contributed by atoms with Crippen LogP contribution in [0.5, 0.6) is 0 Å². The lowest BCUT2D eigenvalue weighted by Crippen LogP contribution is -2.40. The van der Waals surface area contributed by atoms with Crippen LogP contribution >= 0.6 is 15.9 Å². The van der Waals surface area contributed by atoms with Crippen LogP contribution in [0.4, 0.5) is 0 Å². The molecule has 0 spiro atoms. The Labute approximate surface area is 139 Å². The van der Waals surface area contributed by atoms with Crippen molar-refractivity contribution in [2.45, 2.75) is 50.2 Å². The van der Waals surface area contributed by atoms with Crippen LogP contribution in [0.15, 0.2) is 33.6 Å². The molecule has 1 aliphatic carbocycles. The second kappa shape index (κ2) is 6.93. The minimum Gasteiger partial charge on any atom is -0.330 e. The molecule has 2 N–H and O–H groups in total. The second-order valence-corrected chi connectivity index (χ2v) is 9.75. The lowest BCUT2D eigenvalue weighted by atomic mass is 9.69. The van der Waals surface area contributed by atoms with E-state index in [-0.39, 0.29) is 10.7 Å². The smallest absolute Gasteiger partial charge is 0.0564 e. The zero-order valence-corrected chi connectivity index (χ0v) is 15.5. The molecule has 0 radical (unpaired) electrons. The van der Waals surface area contributed by atoms with Gasteiger partial charge < -0.3 is 5.73 Å². The van der Waals surface area contributed by atoms with Gasteiger partial charge in [-0.3, -0.25) is 4.21 Å². The summed E-state index contributed by atoms with van der Waals surface area (Å²) in [7, 11) is -0.964. The molecule has 1 saturated carbocycles. The number of hydrogen-bond donors (Lipinski definition) is 1. The van der Waals surface area contributed by atoms with E-state index in [0.717, 1.165) is 22.2 Å². The topological polar surface area (TPSA) is 43.1 Å². The fraction of sp³-hybridized carbons (Fsp3) is 0.647. The van der Waals surface area contributed by atoms with Gasteiger partial charge in [0.2, 0.25) is 0 Å². The van der Waals surface area contributed by atoms with Crippen LogP contribution in [0, 0.1) is 17.3 Å². The van der Waals surface area contributed by atoms with E-state index in [4.69, 9.17) is 5.73 Å². The molecule has 0 aliphatic heterocycles. The van der Waals surface area contributed by atoms with Crippen molar-refractivity contribution < 1.29 is 4.21 Å². The summed E-state index contributed by atoms with van der Waals surface area (Å²) in [6.45, 7) is 7.52. The highest BCUT2D eigenvalue weighted by atomic mass is 79.9. The first-order valence-corrected chi connectivity index (χ1v) is 9.69. The van der Waals surface area contributed by atoms with Gasteiger partial charge in [0.25, 0.3) is 0 Å². The van der Waals surface area contributed by atoms with E-state index in [9.17, 15) is 4.21 Å². The Morgan fingerprint density at radius 3 is 2.38 bits per heavy atom. The van der Waals surface area contributed by atoms with Gasteiger partial charge in [0.1, 0.15) is 0 Å². The predicted octanol–water partition coefficient (Wildman–Crippen LogP) is 4.35. The maximum Gasteiger partial charge on any atom is 0.0564 e. The van der Waals surface area contributed by atoms with Crippen LogP contribution in [0.25, 0.3) is 0 Å². The zero-order valence-electron chi connectivity index (χ0n) is 13.1. The highest BCUT2D eigenvalue weighted by Gasteiger charge is 2.38. The molecule has 118 valence electrons. The van der Waals surface area contributed by atoms with Gasteiger partial charge in [0.15, 0.2) is 0 Å². The van der Waals surface area contributed by atoms with Crippen molar-refractivity contribution in [3.63, 3.8) is 0 Å². The molecule has 0 aromatic heterocycles. The van der Waals surface area contributed by atoms with Gasteiger partial charge in [-0.2, -0.15) is 0 Å². The molecule has 2 nitrogen and oxygen atoms in total. The molecule has 2 rings (SSSR count). The molecule has 1 aromatic carbocycles. The van der Waals surface area contributed by atoms with Crippen molar-refractivity contribution in [3.8, 4) is 0 Å². The highest BCUT2D eigenvalue weighted by molar-refractivity contribution is 9.10. The van der Waals surface area contributed by atoms with Gasteiger partial charge in [0, 0.05) is 14.6 Å². The second-order valence-electron chi connectivity index (χ2n) is 7.16. The summed E-state index contributed by atoms with van der Waals surface area (Å²) in [6, 6.07) is 7.87. The molecule has 0 amide bonds. The standard InChI is InChI=1S/C17H26BrNOS/c1-17(2,3)13-5-4-12(11-19)16(10-13)21(20)15-8-6-14(18)7-9-15/h6-9,12-13,16H,4-5,10-11,19H2,1-3H3. The minimum atomic E-state index is -0.964. The molecule has 1 aliphatic rings. The van der Waals surface area contributed by atoms with E-state index in [2.05, 4.69) is 36.7 Å². The molecule has 1 aromatic rings. The third-order valence-corrected chi connectivity index (χ3v) is 7.17. The zero-order chi connectivity index (χ0) is 15.6. The quantitative estimate of drug-likeness (QED) is 0.857. The summed E-state index contributed by atoms with van der Waals surface area (Å²) in [5.74, 6) is 1.01. The normalized spacial score (nSPS) is 28.3. The third-order valence-electron chi connectivity index (χ3n) is 4.78. The van der Waals surface area contributed by atoms with Gasteiger partial charge in [-0.05, 0) is 67.3 Å². The Kier molecular flexibility index (Phi) is 5.66. The fourth-order valence-electron chi connectivity index (χ4n) is 3.25. The average molecular weight is 372 g/mol. The van der Waals surface area contributed by atoms with Crippen molar-refractivity contribution in [2.75, 3.05) is 6.54 Å². The summed E-state index contributed by atoms with van der Waals surface area (Å²) in [5, 5.41) is 0.189. The molecule has 21 heavy (non-hydrogen) atoms. The summed E-state index contributed by atoms with van der Waals surface area (Å²) in [5.41, 5.74) is 6.23. The first-order valence-electron chi connectivity index (χ1n) is 7.69. The summed E-state index contributed by atoms with van der Waals surface area (Å²) in [6.07, 6.45) is 3.33. The Hall–Kier alpha value is -0.190. The maximum atomic E-state index is 13.0. The molecule has 1 fully saturated rings. The highest BCUT2D eigenvalue weighted by Crippen LogP contribution is 2.42. The van der Waals surface area contributed by atoms with Crippen LogP contribution in [-0.2, 0) is 10.8 Å². The van der Waals surface area contributed by atoms with E-state index in [1.165, 1.54) is 6.42 Å². The molecule has 0 saturated heterocycles. The van der Waals surface area contributed by atoms with Crippen LogP contribution in [0.1, 0.15) is 40.0 Å². The van der Waals surface area contributed by atoms with Crippen LogP contribution in [0.2, 0.25) is 0 Å². The van der Waals surface area contributed by atoms with Crippen molar-refractivity contribution in [2.24, 2.45) is 23.0 Å². The van der Waals surface area contributed by atoms with Crippen molar-refractivity contribution in [3.05, 3.63) is 28.7 Å². The number of hydrogen-bond acceptors (Lipinski definition) is 2. The van der Waals surface area contributed by atoms with E-state index < -0.39 is 10.8 Å². The maximum absolute atomic E-state index is 13.0. The van der Waals surface area contributed by atoms with Gasteiger partial charge in [-0.1, -0.05) is 36.7 Å². The summed E-state index contributed by atoms with van der Waals surface area (Å²) in [4.78, 5) is 0.927. The molecule has 0 bridgehead atoms. The Balaban J connectivity index is 2.20. The SMILES string of the molecule is CC(C)(C)C1CCC(CN)C(S(=O)c2ccc(Br)cc2)C1. The Bertz CT molecular complexity index is 495. The van der Waals surface area contributed by atoms with Crippen molar-refractivity contribution in [1.29, 1.82) is 0 Å². The lowest BCUT2D eigenvalue weighted by molar-refractivity contribution is 0.156. The summed E-state index contributed by atoms with van der Waals surface area (Å²) >= 11 is 3.43. The van der Waals surface area contributed by atoms with Crippen molar-refractivity contribution >= 4 is 26.7 Å². The van der Waals surface area contributed by atoms with Gasteiger partial charge in [-0.25, -0.2) is 0 Å². The Morgan fingerprint density at radius 2 is 1.86 bits per heavy atom. The largest absolute Gasteiger partial charge is 0.330 e. The predicted molar refractivity (Wildman–Crippen MR) is 93.7 cm³/mol. The van der Waals surface area contributed by atoms with E-state index >= 15 is 0 Å². The van der Waals surface area contributed by atoms with Crippen LogP contribution in [0.3, 0.4) is 0 Å². The molecule has 4 atom stereocenters. The monoisotopic (exact) mass is 371 g/mol. The van der Waals surface area contributed by atoms with Gasteiger partial charge in [-0.15, -0.1) is 0 Å². The fourth-order valence-corrected chi connectivity index (χ4v) is 5.28. The van der Waals surface area contributed by atoms with Gasteiger partial charge >= 0.3 is 0 Å².